The first kappa shape index (κ1) is 19.5. The molecule has 4 rings (SSSR count). The molecule has 5 nitrogen and oxygen atoms in total. The maximum atomic E-state index is 12.3. The van der Waals surface area contributed by atoms with Crippen LogP contribution in [-0.4, -0.2) is 33.2 Å². The lowest BCUT2D eigenvalue weighted by atomic mass is 10.0. The zero-order valence-corrected chi connectivity index (χ0v) is 17.7. The fraction of sp³-hybridized carbons (Fsp3) is 0.211. The van der Waals surface area contributed by atoms with Gasteiger partial charge in [0.15, 0.2) is 0 Å². The van der Waals surface area contributed by atoms with E-state index in [2.05, 4.69) is 15.3 Å². The number of thiophene rings is 1. The average molecular weight is 454 g/mol. The zero-order chi connectivity index (χ0) is 19.7. The minimum Gasteiger partial charge on any atom is -0.340 e. The van der Waals surface area contributed by atoms with Gasteiger partial charge in [-0.3, -0.25) is 4.79 Å². The highest BCUT2D eigenvalue weighted by atomic mass is 35.5. The smallest absolute Gasteiger partial charge is 0.246 e. The van der Waals surface area contributed by atoms with E-state index in [4.69, 9.17) is 34.8 Å². The molecule has 9 heteroatoms. The van der Waals surface area contributed by atoms with Gasteiger partial charge in [0.1, 0.15) is 17.0 Å². The molecule has 1 aliphatic heterocycles. The molecule has 0 bridgehead atoms. The standard InChI is InChI=1S/C19H15Cl3N4OS/c20-6-1-2-16(27)26-7-5-12-15(9-26)28-19-17(12)18(23-10-24-19)25-11-3-4-13(21)14(22)8-11/h1-4,8,10H,5-7,9H2,(H,23,24,25). The molecule has 1 aromatic carbocycles. The van der Waals surface area contributed by atoms with Crippen molar-refractivity contribution in [3.05, 3.63) is 57.2 Å². The zero-order valence-electron chi connectivity index (χ0n) is 14.6. The Labute approximate surface area is 180 Å². The molecule has 3 heterocycles. The topological polar surface area (TPSA) is 58.1 Å². The first-order valence-electron chi connectivity index (χ1n) is 8.55. The quantitative estimate of drug-likeness (QED) is 0.423. The Morgan fingerprint density at radius 3 is 2.93 bits per heavy atom. The van der Waals surface area contributed by atoms with Crippen LogP contribution in [0.3, 0.4) is 0 Å². The fourth-order valence-electron chi connectivity index (χ4n) is 3.17. The normalized spacial score (nSPS) is 13.9. The number of amides is 1. The van der Waals surface area contributed by atoms with E-state index in [1.165, 1.54) is 18.0 Å². The minimum absolute atomic E-state index is 0.0241. The number of nitrogens with zero attached hydrogens (tertiary/aromatic N) is 3. The molecule has 3 aromatic rings. The molecular weight excluding hydrogens is 439 g/mol. The van der Waals surface area contributed by atoms with Gasteiger partial charge in [-0.25, -0.2) is 9.97 Å². The Balaban J connectivity index is 1.66. The van der Waals surface area contributed by atoms with Crippen LogP contribution in [0.25, 0.3) is 10.2 Å². The van der Waals surface area contributed by atoms with Crippen molar-refractivity contribution in [1.82, 2.24) is 14.9 Å². The van der Waals surface area contributed by atoms with Gasteiger partial charge in [-0.05, 0) is 30.2 Å². The van der Waals surface area contributed by atoms with Gasteiger partial charge >= 0.3 is 0 Å². The number of rotatable bonds is 4. The molecule has 0 unspecified atom stereocenters. The second-order valence-electron chi connectivity index (χ2n) is 6.23. The van der Waals surface area contributed by atoms with Crippen LogP contribution in [0.2, 0.25) is 10.0 Å². The van der Waals surface area contributed by atoms with E-state index in [-0.39, 0.29) is 5.91 Å². The van der Waals surface area contributed by atoms with Gasteiger partial charge in [0.05, 0.1) is 22.0 Å². The SMILES string of the molecule is O=C(C=CCCl)N1CCc2c(sc3ncnc(Nc4ccc(Cl)c(Cl)c4)c23)C1. The van der Waals surface area contributed by atoms with E-state index in [1.807, 2.05) is 11.0 Å². The van der Waals surface area contributed by atoms with Crippen LogP contribution in [0.5, 0.6) is 0 Å². The minimum atomic E-state index is -0.0241. The van der Waals surface area contributed by atoms with E-state index in [1.54, 1.807) is 29.5 Å². The van der Waals surface area contributed by atoms with Crippen LogP contribution in [0.1, 0.15) is 10.4 Å². The van der Waals surface area contributed by atoms with E-state index in [0.29, 0.717) is 29.0 Å². The number of allylic oxidation sites excluding steroid dienone is 1. The fourth-order valence-corrected chi connectivity index (χ4v) is 4.76. The lowest BCUT2D eigenvalue weighted by Gasteiger charge is -2.26. The first-order chi connectivity index (χ1) is 13.6. The maximum absolute atomic E-state index is 12.3. The molecule has 0 fully saturated rings. The molecule has 0 saturated carbocycles. The Hall–Kier alpha value is -1.86. The number of aromatic nitrogens is 2. The summed E-state index contributed by atoms with van der Waals surface area (Å²) in [7, 11) is 0. The highest BCUT2D eigenvalue weighted by molar-refractivity contribution is 7.19. The molecule has 0 radical (unpaired) electrons. The molecule has 0 spiro atoms. The highest BCUT2D eigenvalue weighted by Crippen LogP contribution is 2.38. The van der Waals surface area contributed by atoms with Gasteiger partial charge in [-0.2, -0.15) is 0 Å². The Morgan fingerprint density at radius 2 is 2.14 bits per heavy atom. The van der Waals surface area contributed by atoms with Crippen molar-refractivity contribution in [1.29, 1.82) is 0 Å². The number of anilines is 2. The number of nitrogens with one attached hydrogen (secondary N) is 1. The van der Waals surface area contributed by atoms with Gasteiger partial charge in [-0.1, -0.05) is 29.3 Å². The highest BCUT2D eigenvalue weighted by Gasteiger charge is 2.25. The van der Waals surface area contributed by atoms with Gasteiger partial charge in [-0.15, -0.1) is 22.9 Å². The average Bonchev–Trinajstić information content (AvgIpc) is 3.07. The summed E-state index contributed by atoms with van der Waals surface area (Å²) in [4.78, 5) is 25.0. The van der Waals surface area contributed by atoms with Crippen molar-refractivity contribution >= 4 is 73.8 Å². The third kappa shape index (κ3) is 3.82. The molecule has 1 N–H and O–H groups in total. The van der Waals surface area contributed by atoms with Crippen LogP contribution in [0.15, 0.2) is 36.7 Å². The van der Waals surface area contributed by atoms with E-state index in [0.717, 1.165) is 33.0 Å². The summed E-state index contributed by atoms with van der Waals surface area (Å²) in [6, 6.07) is 5.36. The molecular formula is C19H15Cl3N4OS. The largest absolute Gasteiger partial charge is 0.340 e. The third-order valence-corrected chi connectivity index (χ3v) is 6.52. The van der Waals surface area contributed by atoms with Gasteiger partial charge in [0.2, 0.25) is 5.91 Å². The number of hydrogen-bond acceptors (Lipinski definition) is 5. The van der Waals surface area contributed by atoms with Crippen molar-refractivity contribution in [2.45, 2.75) is 13.0 Å². The number of carbonyl (C=O) groups excluding carboxylic acids is 1. The lowest BCUT2D eigenvalue weighted by Crippen LogP contribution is -2.34. The van der Waals surface area contributed by atoms with Crippen molar-refractivity contribution in [2.75, 3.05) is 17.7 Å². The van der Waals surface area contributed by atoms with Crippen molar-refractivity contribution in [3.63, 3.8) is 0 Å². The second kappa shape index (κ2) is 8.25. The number of hydrogen-bond donors (Lipinski definition) is 1. The number of benzene rings is 1. The summed E-state index contributed by atoms with van der Waals surface area (Å²) < 4.78 is 0. The number of alkyl halides is 1. The maximum Gasteiger partial charge on any atom is 0.246 e. The number of fused-ring (bicyclic) bond motifs is 3. The Kier molecular flexibility index (Phi) is 5.73. The summed E-state index contributed by atoms with van der Waals surface area (Å²) in [6.07, 6.45) is 5.48. The molecule has 2 aromatic heterocycles. The van der Waals surface area contributed by atoms with Gasteiger partial charge in [0, 0.05) is 29.1 Å². The predicted octanol–water partition coefficient (Wildman–Crippen LogP) is 5.42. The molecule has 0 saturated heterocycles. The van der Waals surface area contributed by atoms with E-state index < -0.39 is 0 Å². The first-order valence-corrected chi connectivity index (χ1v) is 10.7. The van der Waals surface area contributed by atoms with Gasteiger partial charge < -0.3 is 10.2 Å². The summed E-state index contributed by atoms with van der Waals surface area (Å²) in [5, 5.41) is 5.29. The molecule has 28 heavy (non-hydrogen) atoms. The van der Waals surface area contributed by atoms with E-state index in [9.17, 15) is 4.79 Å². The van der Waals surface area contributed by atoms with Gasteiger partial charge in [0.25, 0.3) is 0 Å². The third-order valence-electron chi connectivity index (χ3n) is 4.48. The molecule has 0 atom stereocenters. The molecule has 1 aliphatic rings. The number of halogens is 3. The lowest BCUT2D eigenvalue weighted by molar-refractivity contribution is -0.126. The van der Waals surface area contributed by atoms with Crippen LogP contribution in [0.4, 0.5) is 11.5 Å². The summed E-state index contributed by atoms with van der Waals surface area (Å²) in [6.45, 7) is 1.21. The van der Waals surface area contributed by atoms with Crippen molar-refractivity contribution in [2.24, 2.45) is 0 Å². The van der Waals surface area contributed by atoms with Crippen LogP contribution >= 0.6 is 46.1 Å². The summed E-state index contributed by atoms with van der Waals surface area (Å²) >= 11 is 19.3. The summed E-state index contributed by atoms with van der Waals surface area (Å²) in [5.41, 5.74) is 1.99. The molecule has 1 amide bonds. The monoisotopic (exact) mass is 452 g/mol. The van der Waals surface area contributed by atoms with Crippen LogP contribution in [-0.2, 0) is 17.8 Å². The molecule has 144 valence electrons. The second-order valence-corrected chi connectivity index (χ2v) is 8.43. The molecule has 0 aliphatic carbocycles. The number of carbonyl (C=O) groups is 1. The van der Waals surface area contributed by atoms with Crippen LogP contribution < -0.4 is 5.32 Å². The van der Waals surface area contributed by atoms with Crippen molar-refractivity contribution in [3.8, 4) is 0 Å². The van der Waals surface area contributed by atoms with E-state index >= 15 is 0 Å². The Bertz CT molecular complexity index is 1080. The van der Waals surface area contributed by atoms with Crippen molar-refractivity contribution < 1.29 is 4.79 Å². The predicted molar refractivity (Wildman–Crippen MR) is 116 cm³/mol. The Morgan fingerprint density at radius 1 is 1.29 bits per heavy atom. The summed E-state index contributed by atoms with van der Waals surface area (Å²) in [5.74, 6) is 1.03. The van der Waals surface area contributed by atoms with Crippen LogP contribution in [0, 0.1) is 0 Å².